The first-order chi connectivity index (χ1) is 10.2. The average molecular weight is 278 g/mol. The first kappa shape index (κ1) is 14.8. The monoisotopic (exact) mass is 278 g/mol. The van der Waals surface area contributed by atoms with Gasteiger partial charge in [-0.15, -0.1) is 0 Å². The quantitative estimate of drug-likeness (QED) is 0.846. The summed E-state index contributed by atoms with van der Waals surface area (Å²) >= 11 is 0. The second-order valence-electron chi connectivity index (χ2n) is 4.72. The normalized spacial score (nSPS) is 9.62. The summed E-state index contributed by atoms with van der Waals surface area (Å²) in [6, 6.07) is 15.4. The number of hydrogen-bond acceptors (Lipinski definition) is 2. The Morgan fingerprint density at radius 3 is 2.57 bits per heavy atom. The van der Waals surface area contributed by atoms with Crippen molar-refractivity contribution in [2.75, 3.05) is 6.54 Å². The molecule has 2 aromatic carbocycles. The maximum Gasteiger partial charge on any atom is 0.252 e. The summed E-state index contributed by atoms with van der Waals surface area (Å²) in [5.74, 6) is 5.57. The topological polar surface area (TPSA) is 55.1 Å². The van der Waals surface area contributed by atoms with Gasteiger partial charge in [0.2, 0.25) is 0 Å². The second kappa shape index (κ2) is 7.28. The van der Waals surface area contributed by atoms with Crippen LogP contribution in [0.5, 0.6) is 0 Å². The Morgan fingerprint density at radius 1 is 1.14 bits per heavy atom. The summed E-state index contributed by atoms with van der Waals surface area (Å²) in [6.45, 7) is 2.81. The van der Waals surface area contributed by atoms with Gasteiger partial charge in [0.15, 0.2) is 0 Å². The molecule has 0 saturated carbocycles. The van der Waals surface area contributed by atoms with E-state index in [-0.39, 0.29) is 12.5 Å². The van der Waals surface area contributed by atoms with E-state index in [1.54, 1.807) is 6.07 Å². The molecule has 2 rings (SSSR count). The van der Waals surface area contributed by atoms with Crippen molar-refractivity contribution in [3.05, 3.63) is 70.8 Å². The van der Waals surface area contributed by atoms with E-state index in [0.29, 0.717) is 17.7 Å². The first-order valence-electron chi connectivity index (χ1n) is 6.82. The third-order valence-corrected chi connectivity index (χ3v) is 3.07. The van der Waals surface area contributed by atoms with Gasteiger partial charge in [0.05, 0.1) is 12.1 Å². The van der Waals surface area contributed by atoms with Gasteiger partial charge in [0.1, 0.15) is 0 Å². The lowest BCUT2D eigenvalue weighted by atomic mass is 10.1. The highest BCUT2D eigenvalue weighted by Gasteiger charge is 2.08. The summed E-state index contributed by atoms with van der Waals surface area (Å²) < 4.78 is 0. The lowest BCUT2D eigenvalue weighted by Crippen LogP contribution is -2.23. The number of benzene rings is 2. The van der Waals surface area contributed by atoms with Crippen LogP contribution in [-0.2, 0) is 6.54 Å². The van der Waals surface area contributed by atoms with E-state index in [1.165, 1.54) is 5.56 Å². The summed E-state index contributed by atoms with van der Waals surface area (Å²) in [5, 5.41) is 2.91. The molecule has 106 valence electrons. The zero-order chi connectivity index (χ0) is 15.1. The van der Waals surface area contributed by atoms with Crippen LogP contribution in [0.2, 0.25) is 0 Å². The Labute approximate surface area is 125 Å². The van der Waals surface area contributed by atoms with Gasteiger partial charge in [0, 0.05) is 12.1 Å². The van der Waals surface area contributed by atoms with E-state index in [9.17, 15) is 4.79 Å². The molecular formula is C18H18N2O. The molecule has 0 fully saturated rings. The van der Waals surface area contributed by atoms with Gasteiger partial charge in [-0.05, 0) is 24.6 Å². The number of hydrogen-bond donors (Lipinski definition) is 2. The van der Waals surface area contributed by atoms with Gasteiger partial charge in [-0.2, -0.15) is 0 Å². The molecule has 0 heterocycles. The first-order valence-corrected chi connectivity index (χ1v) is 6.82. The van der Waals surface area contributed by atoms with Gasteiger partial charge in [-0.3, -0.25) is 4.79 Å². The van der Waals surface area contributed by atoms with Gasteiger partial charge in [-0.25, -0.2) is 0 Å². The highest BCUT2D eigenvalue weighted by atomic mass is 16.1. The van der Waals surface area contributed by atoms with E-state index in [2.05, 4.69) is 17.2 Å². The van der Waals surface area contributed by atoms with Crippen LogP contribution in [0.4, 0.5) is 0 Å². The van der Waals surface area contributed by atoms with Crippen molar-refractivity contribution < 1.29 is 4.79 Å². The average Bonchev–Trinajstić information content (AvgIpc) is 2.52. The molecule has 0 aromatic heterocycles. The van der Waals surface area contributed by atoms with Crippen LogP contribution in [0.15, 0.2) is 48.5 Å². The van der Waals surface area contributed by atoms with Crippen molar-refractivity contribution in [2.24, 2.45) is 5.73 Å². The van der Waals surface area contributed by atoms with Crippen LogP contribution in [0.3, 0.4) is 0 Å². The van der Waals surface area contributed by atoms with Crippen molar-refractivity contribution in [1.82, 2.24) is 5.32 Å². The van der Waals surface area contributed by atoms with Crippen LogP contribution in [0.1, 0.15) is 27.0 Å². The summed E-state index contributed by atoms with van der Waals surface area (Å²) in [5.41, 5.74) is 8.92. The predicted molar refractivity (Wildman–Crippen MR) is 84.7 cm³/mol. The number of carbonyl (C=O) groups is 1. The maximum atomic E-state index is 12.3. The minimum Gasteiger partial charge on any atom is -0.348 e. The van der Waals surface area contributed by atoms with Crippen LogP contribution in [0.25, 0.3) is 0 Å². The zero-order valence-electron chi connectivity index (χ0n) is 12.0. The number of carbonyl (C=O) groups excluding carboxylic acids is 1. The van der Waals surface area contributed by atoms with Crippen LogP contribution in [0, 0.1) is 18.8 Å². The second-order valence-corrected chi connectivity index (χ2v) is 4.72. The molecule has 0 radical (unpaired) electrons. The standard InChI is InChI=1S/C18H18N2O/c1-14-8-10-15(11-9-14)13-20-18(21)17-7-3-2-5-16(17)6-4-12-19/h2-3,5,7-11H,12-13,19H2,1H3,(H,20,21). The lowest BCUT2D eigenvalue weighted by molar-refractivity contribution is 0.0950. The summed E-state index contributed by atoms with van der Waals surface area (Å²) in [7, 11) is 0. The molecule has 0 aliphatic rings. The largest absolute Gasteiger partial charge is 0.348 e. The lowest BCUT2D eigenvalue weighted by Gasteiger charge is -2.07. The Balaban J connectivity index is 2.08. The van der Waals surface area contributed by atoms with Crippen molar-refractivity contribution in [3.63, 3.8) is 0 Å². The molecule has 1 amide bonds. The highest BCUT2D eigenvalue weighted by Crippen LogP contribution is 2.08. The smallest absolute Gasteiger partial charge is 0.252 e. The molecule has 0 atom stereocenters. The molecule has 0 aliphatic carbocycles. The van der Waals surface area contributed by atoms with Gasteiger partial charge in [0.25, 0.3) is 5.91 Å². The zero-order valence-corrected chi connectivity index (χ0v) is 12.0. The molecule has 3 nitrogen and oxygen atoms in total. The number of amides is 1. The SMILES string of the molecule is Cc1ccc(CNC(=O)c2ccccc2C#CCN)cc1. The van der Waals surface area contributed by atoms with E-state index >= 15 is 0 Å². The van der Waals surface area contributed by atoms with Gasteiger partial charge >= 0.3 is 0 Å². The third kappa shape index (κ3) is 4.20. The predicted octanol–water partition coefficient (Wildman–Crippen LogP) is 2.24. The Hall–Kier alpha value is -2.57. The summed E-state index contributed by atoms with van der Waals surface area (Å²) in [4.78, 5) is 12.3. The fraction of sp³-hybridized carbons (Fsp3) is 0.167. The molecular weight excluding hydrogens is 260 g/mol. The number of nitrogens with two attached hydrogens (primary N) is 1. The van der Waals surface area contributed by atoms with Gasteiger partial charge in [-0.1, -0.05) is 53.8 Å². The van der Waals surface area contributed by atoms with E-state index in [4.69, 9.17) is 5.73 Å². The molecule has 0 saturated heterocycles. The van der Waals surface area contributed by atoms with Crippen molar-refractivity contribution in [3.8, 4) is 11.8 Å². The van der Waals surface area contributed by atoms with E-state index in [0.717, 1.165) is 5.56 Å². The summed E-state index contributed by atoms with van der Waals surface area (Å²) in [6.07, 6.45) is 0. The van der Waals surface area contributed by atoms with Crippen LogP contribution < -0.4 is 11.1 Å². The van der Waals surface area contributed by atoms with E-state index in [1.807, 2.05) is 49.4 Å². The van der Waals surface area contributed by atoms with Crippen molar-refractivity contribution in [2.45, 2.75) is 13.5 Å². The van der Waals surface area contributed by atoms with E-state index < -0.39 is 0 Å². The highest BCUT2D eigenvalue weighted by molar-refractivity contribution is 5.96. The minimum atomic E-state index is -0.127. The van der Waals surface area contributed by atoms with Crippen LogP contribution in [-0.4, -0.2) is 12.5 Å². The van der Waals surface area contributed by atoms with Crippen molar-refractivity contribution in [1.29, 1.82) is 0 Å². The maximum absolute atomic E-state index is 12.3. The minimum absolute atomic E-state index is 0.127. The molecule has 0 unspecified atom stereocenters. The fourth-order valence-electron chi connectivity index (χ4n) is 1.92. The molecule has 2 aromatic rings. The third-order valence-electron chi connectivity index (χ3n) is 3.07. The Kier molecular flexibility index (Phi) is 5.14. The van der Waals surface area contributed by atoms with Gasteiger partial charge < -0.3 is 11.1 Å². The van der Waals surface area contributed by atoms with Crippen LogP contribution >= 0.6 is 0 Å². The molecule has 0 aliphatic heterocycles. The molecule has 0 spiro atoms. The molecule has 3 N–H and O–H groups in total. The fourth-order valence-corrected chi connectivity index (χ4v) is 1.92. The van der Waals surface area contributed by atoms with Crippen molar-refractivity contribution >= 4 is 5.91 Å². The number of rotatable bonds is 3. The number of aryl methyl sites for hydroxylation is 1. The molecule has 0 bridgehead atoms. The molecule has 21 heavy (non-hydrogen) atoms. The Bertz CT molecular complexity index is 678. The Morgan fingerprint density at radius 2 is 1.86 bits per heavy atom. The molecule has 3 heteroatoms. The number of nitrogens with one attached hydrogen (secondary N) is 1.